The lowest BCUT2D eigenvalue weighted by Crippen LogP contribution is -2.38. The van der Waals surface area contributed by atoms with Gasteiger partial charge in [-0.05, 0) is 36.8 Å². The van der Waals surface area contributed by atoms with Crippen molar-refractivity contribution in [3.63, 3.8) is 0 Å². The Morgan fingerprint density at radius 3 is 2.67 bits per heavy atom. The van der Waals surface area contributed by atoms with E-state index in [9.17, 15) is 0 Å². The Balaban J connectivity index is 2.07. The van der Waals surface area contributed by atoms with Crippen LogP contribution in [0.5, 0.6) is 0 Å². The van der Waals surface area contributed by atoms with Gasteiger partial charge in [0.05, 0.1) is 18.2 Å². The molecule has 1 aliphatic rings. The molecule has 1 aliphatic heterocycles. The van der Waals surface area contributed by atoms with Crippen LogP contribution in [0.4, 0.5) is 0 Å². The van der Waals surface area contributed by atoms with Gasteiger partial charge >= 0.3 is 0 Å². The molecule has 3 N–H and O–H groups in total. The minimum atomic E-state index is 0.0628. The number of ether oxygens (including phenoxy) is 1. The number of nitrogens with two attached hydrogens (primary N) is 1. The molecule has 0 saturated carbocycles. The summed E-state index contributed by atoms with van der Waals surface area (Å²) < 4.78 is 5.99. The van der Waals surface area contributed by atoms with Crippen LogP contribution in [0.1, 0.15) is 32.4 Å². The number of hydrogen-bond donors (Lipinski definition) is 2. The molecule has 5 atom stereocenters. The zero-order valence-corrected chi connectivity index (χ0v) is 12.8. The first-order valence-corrected chi connectivity index (χ1v) is 7.57. The topological polar surface area (TPSA) is 60.2 Å². The smallest absolute Gasteiger partial charge is 0.0601 e. The summed E-state index contributed by atoms with van der Waals surface area (Å²) in [4.78, 5) is 4.27. The SMILES string of the molecule is CC1OC(C)C(C(NN)c2cccc3ccncc23)C1C. The lowest BCUT2D eigenvalue weighted by molar-refractivity contribution is 0.0475. The highest BCUT2D eigenvalue weighted by Crippen LogP contribution is 2.41. The summed E-state index contributed by atoms with van der Waals surface area (Å²) in [5, 5.41) is 2.34. The second-order valence-electron chi connectivity index (χ2n) is 6.07. The number of aromatic nitrogens is 1. The predicted octanol–water partition coefficient (Wildman–Crippen LogP) is 2.80. The number of pyridine rings is 1. The average molecular weight is 285 g/mol. The number of fused-ring (bicyclic) bond motifs is 1. The second kappa shape index (κ2) is 5.72. The second-order valence-corrected chi connectivity index (χ2v) is 6.07. The third-order valence-corrected chi connectivity index (χ3v) is 4.94. The number of nitrogens with one attached hydrogen (secondary N) is 1. The van der Waals surface area contributed by atoms with Gasteiger partial charge in [-0.15, -0.1) is 0 Å². The summed E-state index contributed by atoms with van der Waals surface area (Å²) in [6.45, 7) is 6.52. The monoisotopic (exact) mass is 285 g/mol. The quantitative estimate of drug-likeness (QED) is 0.672. The summed E-state index contributed by atoms with van der Waals surface area (Å²) in [5.41, 5.74) is 4.22. The molecule has 0 bridgehead atoms. The van der Waals surface area contributed by atoms with E-state index in [0.717, 1.165) is 5.39 Å². The summed E-state index contributed by atoms with van der Waals surface area (Å²) in [7, 11) is 0. The maximum Gasteiger partial charge on any atom is 0.0601 e. The van der Waals surface area contributed by atoms with Gasteiger partial charge in [0.1, 0.15) is 0 Å². The Morgan fingerprint density at radius 1 is 1.19 bits per heavy atom. The van der Waals surface area contributed by atoms with Crippen LogP contribution in [-0.4, -0.2) is 17.2 Å². The zero-order valence-electron chi connectivity index (χ0n) is 12.8. The average Bonchev–Trinajstić information content (AvgIpc) is 2.75. The Hall–Kier alpha value is -1.49. The van der Waals surface area contributed by atoms with Gasteiger partial charge in [0.25, 0.3) is 0 Å². The highest BCUT2D eigenvalue weighted by molar-refractivity contribution is 5.85. The number of hydrazine groups is 1. The molecule has 21 heavy (non-hydrogen) atoms. The lowest BCUT2D eigenvalue weighted by Gasteiger charge is -2.29. The normalized spacial score (nSPS) is 30.7. The number of hydrogen-bond acceptors (Lipinski definition) is 4. The van der Waals surface area contributed by atoms with E-state index < -0.39 is 0 Å². The molecule has 112 valence electrons. The molecule has 1 saturated heterocycles. The van der Waals surface area contributed by atoms with Crippen molar-refractivity contribution in [2.75, 3.05) is 0 Å². The van der Waals surface area contributed by atoms with Crippen molar-refractivity contribution in [2.24, 2.45) is 17.7 Å². The van der Waals surface area contributed by atoms with Crippen LogP contribution < -0.4 is 11.3 Å². The lowest BCUT2D eigenvalue weighted by atomic mass is 9.80. The molecule has 1 aromatic heterocycles. The van der Waals surface area contributed by atoms with Crippen LogP contribution in [0.25, 0.3) is 10.8 Å². The summed E-state index contributed by atoms with van der Waals surface area (Å²) in [6, 6.07) is 8.42. The molecule has 0 spiro atoms. The van der Waals surface area contributed by atoms with E-state index in [1.807, 2.05) is 18.5 Å². The van der Waals surface area contributed by atoms with Crippen LogP contribution in [0.3, 0.4) is 0 Å². The fourth-order valence-electron chi connectivity index (χ4n) is 3.68. The van der Waals surface area contributed by atoms with Crippen LogP contribution in [0, 0.1) is 11.8 Å². The molecule has 4 nitrogen and oxygen atoms in total. The first kappa shape index (κ1) is 14.4. The van der Waals surface area contributed by atoms with Gasteiger partial charge in [-0.3, -0.25) is 16.3 Å². The fourth-order valence-corrected chi connectivity index (χ4v) is 3.68. The fraction of sp³-hybridized carbons (Fsp3) is 0.471. The largest absolute Gasteiger partial charge is 0.375 e. The number of benzene rings is 1. The molecule has 2 aromatic rings. The maximum atomic E-state index is 5.99. The Labute approximate surface area is 125 Å². The van der Waals surface area contributed by atoms with E-state index in [4.69, 9.17) is 10.6 Å². The maximum absolute atomic E-state index is 5.99. The van der Waals surface area contributed by atoms with E-state index in [1.165, 1.54) is 10.9 Å². The first-order valence-electron chi connectivity index (χ1n) is 7.57. The molecule has 1 fully saturated rings. The van der Waals surface area contributed by atoms with E-state index >= 15 is 0 Å². The summed E-state index contributed by atoms with van der Waals surface area (Å²) in [6.07, 6.45) is 4.18. The molecule has 2 heterocycles. The molecule has 0 radical (unpaired) electrons. The van der Waals surface area contributed by atoms with E-state index in [1.54, 1.807) is 0 Å². The Bertz CT molecular complexity index is 625. The van der Waals surface area contributed by atoms with Gasteiger partial charge in [-0.2, -0.15) is 0 Å². The molecular formula is C17H23N3O. The van der Waals surface area contributed by atoms with Gasteiger partial charge < -0.3 is 4.74 Å². The molecule has 4 heteroatoms. The minimum Gasteiger partial charge on any atom is -0.375 e. The Morgan fingerprint density at radius 2 is 2.00 bits per heavy atom. The van der Waals surface area contributed by atoms with Crippen molar-refractivity contribution >= 4 is 10.8 Å². The number of rotatable bonds is 3. The highest BCUT2D eigenvalue weighted by Gasteiger charge is 2.42. The molecule has 1 aromatic carbocycles. The Kier molecular flexibility index (Phi) is 3.93. The third-order valence-electron chi connectivity index (χ3n) is 4.94. The van der Waals surface area contributed by atoms with E-state index in [-0.39, 0.29) is 18.2 Å². The van der Waals surface area contributed by atoms with Gasteiger partial charge in [-0.25, -0.2) is 0 Å². The van der Waals surface area contributed by atoms with Crippen molar-refractivity contribution in [2.45, 2.75) is 39.0 Å². The number of nitrogens with zero attached hydrogens (tertiary/aromatic N) is 1. The molecular weight excluding hydrogens is 262 g/mol. The van der Waals surface area contributed by atoms with Crippen molar-refractivity contribution in [1.29, 1.82) is 0 Å². The summed E-state index contributed by atoms with van der Waals surface area (Å²) >= 11 is 0. The van der Waals surface area contributed by atoms with E-state index in [2.05, 4.69) is 49.4 Å². The van der Waals surface area contributed by atoms with Crippen LogP contribution >= 0.6 is 0 Å². The van der Waals surface area contributed by atoms with Crippen LogP contribution in [0.2, 0.25) is 0 Å². The van der Waals surface area contributed by atoms with Crippen molar-refractivity contribution < 1.29 is 4.74 Å². The zero-order chi connectivity index (χ0) is 15.0. The molecule has 0 amide bonds. The van der Waals surface area contributed by atoms with Crippen molar-refractivity contribution in [3.05, 3.63) is 42.2 Å². The van der Waals surface area contributed by atoms with Gasteiger partial charge in [-0.1, -0.05) is 25.1 Å². The standard InChI is InChI=1S/C17H23N3O/c1-10-11(2)21-12(3)16(10)17(20-18)14-6-4-5-13-7-8-19-9-15(13)14/h4-12,16-17,20H,18H2,1-3H3. The molecule has 0 aliphatic carbocycles. The predicted molar refractivity (Wildman–Crippen MR) is 84.5 cm³/mol. The third kappa shape index (κ3) is 2.44. The van der Waals surface area contributed by atoms with Gasteiger partial charge in [0.2, 0.25) is 0 Å². The van der Waals surface area contributed by atoms with Crippen molar-refractivity contribution in [3.8, 4) is 0 Å². The van der Waals surface area contributed by atoms with Crippen LogP contribution in [0.15, 0.2) is 36.7 Å². The van der Waals surface area contributed by atoms with Gasteiger partial charge in [0.15, 0.2) is 0 Å². The first-order chi connectivity index (χ1) is 10.1. The van der Waals surface area contributed by atoms with Crippen molar-refractivity contribution in [1.82, 2.24) is 10.4 Å². The van der Waals surface area contributed by atoms with Crippen LogP contribution in [-0.2, 0) is 4.74 Å². The highest BCUT2D eigenvalue weighted by atomic mass is 16.5. The summed E-state index contributed by atoms with van der Waals surface area (Å²) in [5.74, 6) is 6.71. The molecule has 5 unspecified atom stereocenters. The van der Waals surface area contributed by atoms with E-state index in [0.29, 0.717) is 11.8 Å². The minimum absolute atomic E-state index is 0.0628. The molecule has 3 rings (SSSR count). The van der Waals surface area contributed by atoms with Gasteiger partial charge in [0, 0.05) is 23.7 Å².